The third kappa shape index (κ3) is 2.27. The van der Waals surface area contributed by atoms with Crippen LogP contribution in [0.3, 0.4) is 0 Å². The van der Waals surface area contributed by atoms with Crippen molar-refractivity contribution in [1.29, 1.82) is 0 Å². The summed E-state index contributed by atoms with van der Waals surface area (Å²) in [4.78, 5) is 12.4. The van der Waals surface area contributed by atoms with Gasteiger partial charge in [-0.25, -0.2) is 0 Å². The molecule has 1 fully saturated rings. The fourth-order valence-corrected chi connectivity index (χ4v) is 2.81. The molecule has 2 aliphatic heterocycles. The van der Waals surface area contributed by atoms with E-state index in [9.17, 15) is 4.79 Å². The van der Waals surface area contributed by atoms with Crippen LogP contribution in [0.2, 0.25) is 0 Å². The van der Waals surface area contributed by atoms with Crippen molar-refractivity contribution in [3.63, 3.8) is 0 Å². The smallest absolute Gasteiger partial charge is 0.145 e. The van der Waals surface area contributed by atoms with E-state index in [1.165, 1.54) is 0 Å². The molecule has 3 rings (SSSR count). The number of para-hydroxylation sites is 1. The van der Waals surface area contributed by atoms with E-state index >= 15 is 0 Å². The molecule has 96 valence electrons. The number of benzene rings is 1. The van der Waals surface area contributed by atoms with E-state index in [1.807, 2.05) is 24.3 Å². The Morgan fingerprint density at radius 2 is 2.06 bits per heavy atom. The predicted molar refractivity (Wildman–Crippen MR) is 67.7 cm³/mol. The molecule has 18 heavy (non-hydrogen) atoms. The maximum Gasteiger partial charge on any atom is 0.145 e. The van der Waals surface area contributed by atoms with Crippen LogP contribution in [0.5, 0.6) is 5.75 Å². The number of carbonyl (C=O) groups excluding carboxylic acids is 1. The van der Waals surface area contributed by atoms with E-state index < -0.39 is 0 Å². The molecule has 3 nitrogen and oxygen atoms in total. The highest BCUT2D eigenvalue weighted by molar-refractivity contribution is 5.84. The van der Waals surface area contributed by atoms with Gasteiger partial charge in [-0.2, -0.15) is 0 Å². The molecule has 0 N–H and O–H groups in total. The lowest BCUT2D eigenvalue weighted by Crippen LogP contribution is -2.36. The van der Waals surface area contributed by atoms with Crippen LogP contribution >= 0.6 is 0 Å². The highest BCUT2D eigenvalue weighted by Gasteiger charge is 2.31. The van der Waals surface area contributed by atoms with Crippen LogP contribution < -0.4 is 4.74 Å². The second-order valence-corrected chi connectivity index (χ2v) is 5.14. The third-order valence-corrected chi connectivity index (χ3v) is 3.84. The first-order valence-electron chi connectivity index (χ1n) is 6.67. The first-order valence-corrected chi connectivity index (χ1v) is 6.67. The molecule has 0 amide bonds. The quantitative estimate of drug-likeness (QED) is 0.802. The molecule has 0 aliphatic carbocycles. The molecule has 2 heterocycles. The molecule has 2 aliphatic rings. The number of ether oxygens (including phenoxy) is 2. The highest BCUT2D eigenvalue weighted by Crippen LogP contribution is 2.29. The van der Waals surface area contributed by atoms with Gasteiger partial charge in [0.15, 0.2) is 0 Å². The van der Waals surface area contributed by atoms with Crippen molar-refractivity contribution >= 4 is 5.78 Å². The van der Waals surface area contributed by atoms with E-state index in [4.69, 9.17) is 9.47 Å². The summed E-state index contributed by atoms with van der Waals surface area (Å²) in [6.07, 6.45) is 2.78. The highest BCUT2D eigenvalue weighted by atomic mass is 16.5. The molecule has 3 heteroatoms. The molecule has 0 bridgehead atoms. The SMILES string of the molecule is O=C(C1CCCOC1)C1COc2ccccc2C1. The Kier molecular flexibility index (Phi) is 3.33. The van der Waals surface area contributed by atoms with Gasteiger partial charge >= 0.3 is 0 Å². The van der Waals surface area contributed by atoms with Crippen LogP contribution in [0.25, 0.3) is 0 Å². The zero-order valence-corrected chi connectivity index (χ0v) is 10.4. The minimum atomic E-state index is 0.00611. The number of Topliss-reactive ketones (excluding diaryl/α,β-unsaturated/α-hetero) is 1. The number of ketones is 1. The molecule has 0 radical (unpaired) electrons. The summed E-state index contributed by atoms with van der Waals surface area (Å²) in [5.41, 5.74) is 1.15. The maximum atomic E-state index is 12.4. The van der Waals surface area contributed by atoms with E-state index in [0.29, 0.717) is 19.0 Å². The maximum absolute atomic E-state index is 12.4. The van der Waals surface area contributed by atoms with Crippen molar-refractivity contribution in [3.05, 3.63) is 29.8 Å². The summed E-state index contributed by atoms with van der Waals surface area (Å²) in [5.74, 6) is 1.34. The summed E-state index contributed by atoms with van der Waals surface area (Å²) >= 11 is 0. The molecule has 1 aromatic rings. The average Bonchev–Trinajstić information content (AvgIpc) is 2.47. The number of fused-ring (bicyclic) bond motifs is 1. The second kappa shape index (κ2) is 5.11. The van der Waals surface area contributed by atoms with E-state index in [0.717, 1.165) is 37.2 Å². The van der Waals surface area contributed by atoms with Crippen LogP contribution in [0.1, 0.15) is 18.4 Å². The summed E-state index contributed by atoms with van der Waals surface area (Å²) in [7, 11) is 0. The van der Waals surface area contributed by atoms with Crippen LogP contribution in [-0.2, 0) is 16.0 Å². The Balaban J connectivity index is 1.69. The van der Waals surface area contributed by atoms with Crippen molar-refractivity contribution < 1.29 is 14.3 Å². The first-order chi connectivity index (χ1) is 8.84. The molecular formula is C15H18O3. The minimum Gasteiger partial charge on any atom is -0.493 e. The fraction of sp³-hybridized carbons (Fsp3) is 0.533. The lowest BCUT2D eigenvalue weighted by Gasteiger charge is -2.29. The van der Waals surface area contributed by atoms with E-state index in [1.54, 1.807) is 0 Å². The van der Waals surface area contributed by atoms with Gasteiger partial charge in [-0.1, -0.05) is 18.2 Å². The topological polar surface area (TPSA) is 35.5 Å². The second-order valence-electron chi connectivity index (χ2n) is 5.14. The van der Waals surface area contributed by atoms with E-state index in [-0.39, 0.29) is 11.8 Å². The van der Waals surface area contributed by atoms with Gasteiger partial charge in [0, 0.05) is 12.5 Å². The van der Waals surface area contributed by atoms with Crippen LogP contribution in [0.15, 0.2) is 24.3 Å². The zero-order chi connectivity index (χ0) is 12.4. The standard InChI is InChI=1S/C15H18O3/c16-15(12-5-3-7-17-9-12)13-8-11-4-1-2-6-14(11)18-10-13/h1-2,4,6,12-13H,3,5,7-10H2. The predicted octanol–water partition coefficient (Wildman–Crippen LogP) is 2.23. The van der Waals surface area contributed by atoms with Gasteiger partial charge in [0.1, 0.15) is 11.5 Å². The van der Waals surface area contributed by atoms with Gasteiger partial charge in [-0.3, -0.25) is 4.79 Å². The van der Waals surface area contributed by atoms with Gasteiger partial charge in [0.25, 0.3) is 0 Å². The van der Waals surface area contributed by atoms with Crippen molar-refractivity contribution in [1.82, 2.24) is 0 Å². The molecule has 0 aromatic heterocycles. The van der Waals surface area contributed by atoms with Crippen LogP contribution in [0, 0.1) is 11.8 Å². The van der Waals surface area contributed by atoms with Crippen molar-refractivity contribution in [2.45, 2.75) is 19.3 Å². The Hall–Kier alpha value is -1.35. The monoisotopic (exact) mass is 246 g/mol. The molecule has 2 unspecified atom stereocenters. The molecular weight excluding hydrogens is 228 g/mol. The summed E-state index contributed by atoms with van der Waals surface area (Å²) < 4.78 is 11.1. The lowest BCUT2D eigenvalue weighted by molar-refractivity contribution is -0.132. The van der Waals surface area contributed by atoms with Gasteiger partial charge in [-0.15, -0.1) is 0 Å². The Morgan fingerprint density at radius 3 is 2.89 bits per heavy atom. The van der Waals surface area contributed by atoms with Crippen molar-refractivity contribution in [2.24, 2.45) is 11.8 Å². The molecule has 0 spiro atoms. The molecule has 2 atom stereocenters. The number of hydrogen-bond acceptors (Lipinski definition) is 3. The minimum absolute atomic E-state index is 0.00611. The average molecular weight is 246 g/mol. The Morgan fingerprint density at radius 1 is 1.17 bits per heavy atom. The Labute approximate surface area is 107 Å². The zero-order valence-electron chi connectivity index (χ0n) is 10.4. The van der Waals surface area contributed by atoms with E-state index in [2.05, 4.69) is 0 Å². The van der Waals surface area contributed by atoms with Crippen molar-refractivity contribution in [2.75, 3.05) is 19.8 Å². The third-order valence-electron chi connectivity index (χ3n) is 3.84. The normalized spacial score (nSPS) is 27.1. The summed E-state index contributed by atoms with van der Waals surface area (Å²) in [6.45, 7) is 1.91. The fourth-order valence-electron chi connectivity index (χ4n) is 2.81. The van der Waals surface area contributed by atoms with Gasteiger partial charge in [-0.05, 0) is 30.9 Å². The summed E-state index contributed by atoms with van der Waals surface area (Å²) in [6, 6.07) is 7.99. The van der Waals surface area contributed by atoms with Gasteiger partial charge in [0.2, 0.25) is 0 Å². The van der Waals surface area contributed by atoms with Crippen LogP contribution in [-0.4, -0.2) is 25.6 Å². The first kappa shape index (κ1) is 11.7. The van der Waals surface area contributed by atoms with Crippen molar-refractivity contribution in [3.8, 4) is 5.75 Å². The Bertz CT molecular complexity index is 435. The summed E-state index contributed by atoms with van der Waals surface area (Å²) in [5, 5.41) is 0. The molecule has 1 saturated heterocycles. The van der Waals surface area contributed by atoms with Crippen LogP contribution in [0.4, 0.5) is 0 Å². The number of rotatable bonds is 2. The molecule has 0 saturated carbocycles. The van der Waals surface area contributed by atoms with Gasteiger partial charge in [0.05, 0.1) is 19.1 Å². The largest absolute Gasteiger partial charge is 0.493 e. The van der Waals surface area contributed by atoms with Gasteiger partial charge < -0.3 is 9.47 Å². The molecule has 1 aromatic carbocycles. The number of carbonyl (C=O) groups is 1. The lowest BCUT2D eigenvalue weighted by atomic mass is 9.84. The number of hydrogen-bond donors (Lipinski definition) is 0.